The molecule has 0 spiro atoms. The highest BCUT2D eigenvalue weighted by atomic mass is 16.3. The number of hydrogen-bond donors (Lipinski definition) is 2. The fourth-order valence-corrected chi connectivity index (χ4v) is 4.39. The summed E-state index contributed by atoms with van der Waals surface area (Å²) in [5.74, 6) is 0.365. The van der Waals surface area contributed by atoms with Crippen LogP contribution in [0.2, 0.25) is 0 Å². The number of amides is 1. The van der Waals surface area contributed by atoms with E-state index in [0.29, 0.717) is 43.1 Å². The van der Waals surface area contributed by atoms with E-state index in [0.717, 1.165) is 18.4 Å². The Bertz CT molecular complexity index is 708. The van der Waals surface area contributed by atoms with Crippen molar-refractivity contribution in [2.45, 2.75) is 50.5 Å². The van der Waals surface area contributed by atoms with Gasteiger partial charge in [0.1, 0.15) is 0 Å². The van der Waals surface area contributed by atoms with Gasteiger partial charge >= 0.3 is 0 Å². The molecule has 0 aromatic carbocycles. The van der Waals surface area contributed by atoms with Gasteiger partial charge in [0.15, 0.2) is 0 Å². The molecule has 1 aliphatic carbocycles. The lowest BCUT2D eigenvalue weighted by molar-refractivity contribution is -0.0723. The lowest BCUT2D eigenvalue weighted by atomic mass is 9.72. The second-order valence-electron chi connectivity index (χ2n) is 7.40. The smallest absolute Gasteiger partial charge is 0.257 e. The van der Waals surface area contributed by atoms with E-state index in [-0.39, 0.29) is 5.91 Å². The third kappa shape index (κ3) is 3.11. The summed E-state index contributed by atoms with van der Waals surface area (Å²) >= 11 is 0. The first-order chi connectivity index (χ1) is 12.2. The van der Waals surface area contributed by atoms with E-state index >= 15 is 0 Å². The van der Waals surface area contributed by atoms with E-state index in [4.69, 9.17) is 4.42 Å². The van der Waals surface area contributed by atoms with Gasteiger partial charge in [-0.1, -0.05) is 19.3 Å². The van der Waals surface area contributed by atoms with Crippen molar-refractivity contribution in [3.8, 4) is 11.3 Å². The maximum atomic E-state index is 12.9. The normalized spacial score (nSPS) is 21.4. The van der Waals surface area contributed by atoms with Crippen LogP contribution in [0.25, 0.3) is 11.3 Å². The molecule has 134 valence electrons. The van der Waals surface area contributed by atoms with Gasteiger partial charge in [-0.25, -0.2) is 0 Å². The van der Waals surface area contributed by atoms with E-state index in [1.807, 2.05) is 11.0 Å². The molecule has 6 heteroatoms. The van der Waals surface area contributed by atoms with Crippen LogP contribution >= 0.6 is 0 Å². The van der Waals surface area contributed by atoms with E-state index < -0.39 is 5.60 Å². The van der Waals surface area contributed by atoms with E-state index in [1.54, 1.807) is 18.7 Å². The fraction of sp³-hybridized carbons (Fsp3) is 0.579. The third-order valence-electron chi connectivity index (χ3n) is 5.96. The van der Waals surface area contributed by atoms with Crippen molar-refractivity contribution in [1.82, 2.24) is 15.1 Å². The van der Waals surface area contributed by atoms with Gasteiger partial charge in [-0.2, -0.15) is 5.10 Å². The summed E-state index contributed by atoms with van der Waals surface area (Å²) in [6, 6.07) is 1.81. The molecule has 1 saturated heterocycles. The zero-order valence-electron chi connectivity index (χ0n) is 14.4. The number of aliphatic hydroxyl groups is 1. The van der Waals surface area contributed by atoms with E-state index in [9.17, 15) is 9.90 Å². The van der Waals surface area contributed by atoms with Crippen molar-refractivity contribution in [2.24, 2.45) is 5.92 Å². The van der Waals surface area contributed by atoms with Crippen LogP contribution in [0.15, 0.2) is 29.2 Å². The summed E-state index contributed by atoms with van der Waals surface area (Å²) in [6.45, 7) is 1.20. The first-order valence-electron chi connectivity index (χ1n) is 9.25. The van der Waals surface area contributed by atoms with Crippen LogP contribution in [-0.2, 0) is 0 Å². The van der Waals surface area contributed by atoms with Gasteiger partial charge < -0.3 is 14.4 Å². The number of carbonyl (C=O) groups excluding carboxylic acids is 1. The number of nitrogens with zero attached hydrogens (tertiary/aromatic N) is 2. The number of furan rings is 1. The van der Waals surface area contributed by atoms with Gasteiger partial charge in [-0.05, 0) is 37.7 Å². The van der Waals surface area contributed by atoms with Crippen molar-refractivity contribution >= 4 is 5.91 Å². The average Bonchev–Trinajstić information content (AvgIpc) is 3.34. The van der Waals surface area contributed by atoms with Crippen LogP contribution in [0.3, 0.4) is 0 Å². The SMILES string of the molecule is O=C(c1cn[nH]c1-c1ccoc1)N1CCC(O)(C2CCCCC2)CC1. The maximum absolute atomic E-state index is 12.9. The van der Waals surface area contributed by atoms with Crippen LogP contribution in [0.1, 0.15) is 55.3 Å². The fourth-order valence-electron chi connectivity index (χ4n) is 4.39. The van der Waals surface area contributed by atoms with Crippen molar-refractivity contribution in [3.05, 3.63) is 30.4 Å². The number of H-pyrrole nitrogens is 1. The predicted molar refractivity (Wildman–Crippen MR) is 93.0 cm³/mol. The molecule has 2 fully saturated rings. The molecule has 6 nitrogen and oxygen atoms in total. The Balaban J connectivity index is 1.44. The van der Waals surface area contributed by atoms with Crippen LogP contribution in [0, 0.1) is 5.92 Å². The van der Waals surface area contributed by atoms with Crippen molar-refractivity contribution in [1.29, 1.82) is 0 Å². The lowest BCUT2D eigenvalue weighted by Gasteiger charge is -2.44. The second kappa shape index (κ2) is 6.67. The van der Waals surface area contributed by atoms with Crippen LogP contribution < -0.4 is 0 Å². The minimum atomic E-state index is -0.596. The van der Waals surface area contributed by atoms with E-state index in [1.165, 1.54) is 19.3 Å². The Labute approximate surface area is 147 Å². The van der Waals surface area contributed by atoms with Crippen LogP contribution in [-0.4, -0.2) is 44.8 Å². The van der Waals surface area contributed by atoms with Gasteiger partial charge in [0.25, 0.3) is 5.91 Å². The Kier molecular flexibility index (Phi) is 4.37. The van der Waals surface area contributed by atoms with E-state index in [2.05, 4.69) is 10.2 Å². The molecule has 4 rings (SSSR count). The predicted octanol–water partition coefficient (Wildman–Crippen LogP) is 3.22. The molecule has 25 heavy (non-hydrogen) atoms. The Morgan fingerprint density at radius 2 is 2.04 bits per heavy atom. The molecule has 2 aromatic rings. The van der Waals surface area contributed by atoms with Gasteiger partial charge in [-0.15, -0.1) is 0 Å². The summed E-state index contributed by atoms with van der Waals surface area (Å²) in [4.78, 5) is 14.8. The van der Waals surface area contributed by atoms with Gasteiger partial charge in [0.2, 0.25) is 0 Å². The minimum Gasteiger partial charge on any atom is -0.472 e. The summed E-state index contributed by atoms with van der Waals surface area (Å²) in [5.41, 5.74) is 1.47. The molecule has 1 amide bonds. The van der Waals surface area contributed by atoms with Gasteiger partial charge in [0.05, 0.1) is 35.6 Å². The maximum Gasteiger partial charge on any atom is 0.257 e. The number of hydrogen-bond acceptors (Lipinski definition) is 4. The molecule has 1 saturated carbocycles. The zero-order chi connectivity index (χ0) is 17.3. The van der Waals surface area contributed by atoms with Crippen LogP contribution in [0.5, 0.6) is 0 Å². The molecule has 2 aliphatic rings. The number of carbonyl (C=O) groups is 1. The number of nitrogens with one attached hydrogen (secondary N) is 1. The quantitative estimate of drug-likeness (QED) is 0.896. The Hall–Kier alpha value is -2.08. The molecule has 2 N–H and O–H groups in total. The molecule has 2 aromatic heterocycles. The largest absolute Gasteiger partial charge is 0.472 e. The highest BCUT2D eigenvalue weighted by Crippen LogP contribution is 2.39. The van der Waals surface area contributed by atoms with Crippen molar-refractivity contribution < 1.29 is 14.3 Å². The highest BCUT2D eigenvalue weighted by Gasteiger charge is 2.41. The zero-order valence-corrected chi connectivity index (χ0v) is 14.4. The molecule has 0 unspecified atom stereocenters. The summed E-state index contributed by atoms with van der Waals surface area (Å²) < 4.78 is 5.11. The second-order valence-corrected chi connectivity index (χ2v) is 7.40. The topological polar surface area (TPSA) is 82.4 Å². The number of likely N-dealkylation sites (tertiary alicyclic amines) is 1. The first-order valence-corrected chi connectivity index (χ1v) is 9.25. The van der Waals surface area contributed by atoms with Crippen molar-refractivity contribution in [3.63, 3.8) is 0 Å². The Morgan fingerprint density at radius 1 is 1.28 bits per heavy atom. The molecule has 1 aliphatic heterocycles. The molecule has 0 radical (unpaired) electrons. The van der Waals surface area contributed by atoms with Gasteiger partial charge in [-0.3, -0.25) is 9.89 Å². The highest BCUT2D eigenvalue weighted by molar-refractivity contribution is 5.99. The molecule has 0 atom stereocenters. The minimum absolute atomic E-state index is 0.0318. The van der Waals surface area contributed by atoms with Gasteiger partial charge in [0, 0.05) is 18.7 Å². The Morgan fingerprint density at radius 3 is 2.72 bits per heavy atom. The average molecular weight is 343 g/mol. The molecule has 0 bridgehead atoms. The van der Waals surface area contributed by atoms with Crippen molar-refractivity contribution in [2.75, 3.05) is 13.1 Å². The standard InChI is InChI=1S/C19H25N3O3/c23-18(16-12-20-21-17(16)14-6-11-25-13-14)22-9-7-19(24,8-10-22)15-4-2-1-3-5-15/h6,11-13,15,24H,1-5,7-10H2,(H,20,21). The first kappa shape index (κ1) is 16.4. The number of rotatable bonds is 3. The summed E-state index contributed by atoms with van der Waals surface area (Å²) in [7, 11) is 0. The third-order valence-corrected chi connectivity index (χ3v) is 5.96. The number of aromatic amines is 1. The number of aromatic nitrogens is 2. The summed E-state index contributed by atoms with van der Waals surface area (Å²) in [6.07, 6.45) is 12.1. The number of piperidine rings is 1. The summed E-state index contributed by atoms with van der Waals surface area (Å²) in [5, 5.41) is 18.0. The monoisotopic (exact) mass is 343 g/mol. The lowest BCUT2D eigenvalue weighted by Crippen LogP contribution is -2.50. The molecular formula is C19H25N3O3. The van der Waals surface area contributed by atoms with Crippen LogP contribution in [0.4, 0.5) is 0 Å². The molecule has 3 heterocycles. The molecular weight excluding hydrogens is 318 g/mol.